The first-order chi connectivity index (χ1) is 13.0. The van der Waals surface area contributed by atoms with Crippen LogP contribution in [0.4, 0.5) is 0 Å². The van der Waals surface area contributed by atoms with Crippen molar-refractivity contribution in [3.63, 3.8) is 0 Å². The summed E-state index contributed by atoms with van der Waals surface area (Å²) in [5, 5.41) is 0. The Labute approximate surface area is 160 Å². The number of rotatable bonds is 5. The molecule has 0 atom stereocenters. The number of carbonyl (C=O) groups excluding carboxylic acids is 2. The van der Waals surface area contributed by atoms with Gasteiger partial charge in [-0.3, -0.25) is 19.6 Å². The van der Waals surface area contributed by atoms with Gasteiger partial charge < -0.3 is 9.80 Å². The minimum Gasteiger partial charge on any atom is -0.341 e. The molecule has 3 heterocycles. The highest BCUT2D eigenvalue weighted by Crippen LogP contribution is 2.18. The van der Waals surface area contributed by atoms with Crippen LogP contribution in [-0.2, 0) is 6.42 Å². The molecule has 0 spiro atoms. The van der Waals surface area contributed by atoms with Gasteiger partial charge in [-0.05, 0) is 48.9 Å². The zero-order valence-electron chi connectivity index (χ0n) is 16.0. The monoisotopic (exact) mass is 366 g/mol. The highest BCUT2D eigenvalue weighted by atomic mass is 16.2. The molecule has 2 amide bonds. The standard InChI is InChI=1S/C21H26N4O2/c1-16-5-11-25(12-6-16)21(27)19-13-18(14-23-15-19)20(26)24(2)10-7-17-3-8-22-9-4-17/h3-4,8-9,13-16H,5-7,10-12H2,1-2H3. The van der Waals surface area contributed by atoms with E-state index in [1.54, 1.807) is 36.6 Å². The Hall–Kier alpha value is -2.76. The molecule has 6 heteroatoms. The van der Waals surface area contributed by atoms with Crippen LogP contribution < -0.4 is 0 Å². The minimum absolute atomic E-state index is 0.0384. The zero-order chi connectivity index (χ0) is 19.2. The van der Waals surface area contributed by atoms with E-state index in [1.807, 2.05) is 17.0 Å². The fourth-order valence-electron chi connectivity index (χ4n) is 3.24. The van der Waals surface area contributed by atoms with Crippen LogP contribution in [0.15, 0.2) is 43.0 Å². The fraction of sp³-hybridized carbons (Fsp3) is 0.429. The van der Waals surface area contributed by atoms with Gasteiger partial charge in [0.1, 0.15) is 0 Å². The van der Waals surface area contributed by atoms with Crippen LogP contribution >= 0.6 is 0 Å². The minimum atomic E-state index is -0.126. The predicted molar refractivity (Wildman–Crippen MR) is 103 cm³/mol. The van der Waals surface area contributed by atoms with Gasteiger partial charge in [0.2, 0.25) is 0 Å². The Kier molecular flexibility index (Phi) is 6.16. The van der Waals surface area contributed by atoms with Crippen LogP contribution in [0.3, 0.4) is 0 Å². The van der Waals surface area contributed by atoms with Crippen LogP contribution in [0.2, 0.25) is 0 Å². The highest BCUT2D eigenvalue weighted by molar-refractivity contribution is 5.99. The van der Waals surface area contributed by atoms with Gasteiger partial charge in [0.05, 0.1) is 11.1 Å². The third-order valence-corrected chi connectivity index (χ3v) is 5.13. The number of piperidine rings is 1. The number of likely N-dealkylation sites (tertiary alicyclic amines) is 1. The summed E-state index contributed by atoms with van der Waals surface area (Å²) < 4.78 is 0. The molecule has 0 N–H and O–H groups in total. The lowest BCUT2D eigenvalue weighted by atomic mass is 9.98. The number of amides is 2. The Bertz CT molecular complexity index is 786. The van der Waals surface area contributed by atoms with E-state index in [0.29, 0.717) is 23.6 Å². The molecule has 6 nitrogen and oxygen atoms in total. The largest absolute Gasteiger partial charge is 0.341 e. The second-order valence-electron chi connectivity index (χ2n) is 7.27. The maximum atomic E-state index is 12.7. The van der Waals surface area contributed by atoms with E-state index >= 15 is 0 Å². The average molecular weight is 366 g/mol. The summed E-state index contributed by atoms with van der Waals surface area (Å²) in [5.74, 6) is 0.496. The lowest BCUT2D eigenvalue weighted by Gasteiger charge is -2.30. The van der Waals surface area contributed by atoms with Crippen molar-refractivity contribution in [2.75, 3.05) is 26.7 Å². The molecule has 27 heavy (non-hydrogen) atoms. The van der Waals surface area contributed by atoms with E-state index < -0.39 is 0 Å². The zero-order valence-corrected chi connectivity index (χ0v) is 16.0. The summed E-state index contributed by atoms with van der Waals surface area (Å²) in [5.41, 5.74) is 2.06. The molecule has 0 unspecified atom stereocenters. The van der Waals surface area contributed by atoms with Crippen molar-refractivity contribution >= 4 is 11.8 Å². The molecule has 0 radical (unpaired) electrons. The fourth-order valence-corrected chi connectivity index (χ4v) is 3.24. The van der Waals surface area contributed by atoms with E-state index in [4.69, 9.17) is 0 Å². The van der Waals surface area contributed by atoms with E-state index in [2.05, 4.69) is 16.9 Å². The predicted octanol–water partition coefficient (Wildman–Crippen LogP) is 2.66. The summed E-state index contributed by atoms with van der Waals surface area (Å²) in [6.07, 6.45) is 9.37. The van der Waals surface area contributed by atoms with Crippen molar-refractivity contribution in [2.45, 2.75) is 26.2 Å². The molecule has 0 saturated carbocycles. The van der Waals surface area contributed by atoms with Gasteiger partial charge in [-0.15, -0.1) is 0 Å². The number of pyridine rings is 2. The van der Waals surface area contributed by atoms with Crippen molar-refractivity contribution in [3.8, 4) is 0 Å². The molecule has 1 aliphatic rings. The molecule has 0 aromatic carbocycles. The van der Waals surface area contributed by atoms with E-state index in [0.717, 1.165) is 37.9 Å². The van der Waals surface area contributed by atoms with Gasteiger partial charge in [0.25, 0.3) is 11.8 Å². The molecule has 2 aromatic rings. The van der Waals surface area contributed by atoms with Crippen LogP contribution in [0.25, 0.3) is 0 Å². The lowest BCUT2D eigenvalue weighted by Crippen LogP contribution is -2.38. The van der Waals surface area contributed by atoms with Crippen molar-refractivity contribution in [2.24, 2.45) is 5.92 Å². The van der Waals surface area contributed by atoms with Crippen LogP contribution in [-0.4, -0.2) is 58.3 Å². The maximum Gasteiger partial charge on any atom is 0.255 e. The molecule has 3 rings (SSSR count). The van der Waals surface area contributed by atoms with E-state index in [9.17, 15) is 9.59 Å². The molecular weight excluding hydrogens is 340 g/mol. The number of hydrogen-bond acceptors (Lipinski definition) is 4. The van der Waals surface area contributed by atoms with E-state index in [-0.39, 0.29) is 11.8 Å². The Morgan fingerprint density at radius 2 is 1.78 bits per heavy atom. The SMILES string of the molecule is CC1CCN(C(=O)c2cncc(C(=O)N(C)CCc3ccncc3)c2)CC1. The van der Waals surface area contributed by atoms with Crippen LogP contribution in [0.5, 0.6) is 0 Å². The highest BCUT2D eigenvalue weighted by Gasteiger charge is 2.22. The van der Waals surface area contributed by atoms with Crippen LogP contribution in [0, 0.1) is 5.92 Å². The third kappa shape index (κ3) is 4.90. The summed E-state index contributed by atoms with van der Waals surface area (Å²) in [7, 11) is 1.77. The number of nitrogens with zero attached hydrogens (tertiary/aromatic N) is 4. The first-order valence-corrected chi connectivity index (χ1v) is 9.43. The van der Waals surface area contributed by atoms with E-state index in [1.165, 1.54) is 6.20 Å². The molecule has 0 bridgehead atoms. The molecule has 2 aromatic heterocycles. The summed E-state index contributed by atoms with van der Waals surface area (Å²) in [6, 6.07) is 5.55. The summed E-state index contributed by atoms with van der Waals surface area (Å²) in [6.45, 7) is 4.34. The summed E-state index contributed by atoms with van der Waals surface area (Å²) >= 11 is 0. The maximum absolute atomic E-state index is 12.7. The second-order valence-corrected chi connectivity index (χ2v) is 7.27. The van der Waals surface area contributed by atoms with Gasteiger partial charge >= 0.3 is 0 Å². The first kappa shape index (κ1) is 19.0. The molecule has 142 valence electrons. The normalized spacial score (nSPS) is 14.8. The first-order valence-electron chi connectivity index (χ1n) is 9.43. The average Bonchev–Trinajstić information content (AvgIpc) is 2.72. The second kappa shape index (κ2) is 8.75. The van der Waals surface area contributed by atoms with Crippen LogP contribution in [0.1, 0.15) is 46.0 Å². The quantitative estimate of drug-likeness (QED) is 0.816. The van der Waals surface area contributed by atoms with Crippen molar-refractivity contribution in [1.29, 1.82) is 0 Å². The lowest BCUT2D eigenvalue weighted by molar-refractivity contribution is 0.0696. The van der Waals surface area contributed by atoms with Gasteiger partial charge in [0.15, 0.2) is 0 Å². The molecule has 0 aliphatic carbocycles. The Balaban J connectivity index is 1.63. The number of carbonyl (C=O) groups is 2. The van der Waals surface area contributed by atoms with Crippen molar-refractivity contribution in [3.05, 3.63) is 59.7 Å². The van der Waals surface area contributed by atoms with Crippen molar-refractivity contribution < 1.29 is 9.59 Å². The van der Waals surface area contributed by atoms with Gasteiger partial charge in [-0.1, -0.05) is 6.92 Å². The van der Waals surface area contributed by atoms with Crippen molar-refractivity contribution in [1.82, 2.24) is 19.8 Å². The molecule has 1 fully saturated rings. The molecular formula is C21H26N4O2. The number of hydrogen-bond donors (Lipinski definition) is 0. The van der Waals surface area contributed by atoms with Gasteiger partial charge in [-0.25, -0.2) is 0 Å². The topological polar surface area (TPSA) is 66.4 Å². The Morgan fingerprint density at radius 1 is 1.11 bits per heavy atom. The smallest absolute Gasteiger partial charge is 0.255 e. The number of aromatic nitrogens is 2. The van der Waals surface area contributed by atoms with Gasteiger partial charge in [0, 0.05) is 51.5 Å². The van der Waals surface area contributed by atoms with Gasteiger partial charge in [-0.2, -0.15) is 0 Å². The molecule has 1 aliphatic heterocycles. The summed E-state index contributed by atoms with van der Waals surface area (Å²) in [4.78, 5) is 37.1. The Morgan fingerprint density at radius 3 is 2.48 bits per heavy atom. The third-order valence-electron chi connectivity index (χ3n) is 5.13. The molecule has 1 saturated heterocycles. The number of likely N-dealkylation sites (N-methyl/N-ethyl adjacent to an activating group) is 1.